The van der Waals surface area contributed by atoms with Gasteiger partial charge < -0.3 is 5.32 Å². The van der Waals surface area contributed by atoms with Crippen LogP contribution in [0.3, 0.4) is 0 Å². The van der Waals surface area contributed by atoms with Crippen molar-refractivity contribution < 1.29 is 0 Å². The van der Waals surface area contributed by atoms with Crippen LogP contribution in [-0.4, -0.2) is 22.5 Å². The van der Waals surface area contributed by atoms with Crippen LogP contribution in [0, 0.1) is 0 Å². The summed E-state index contributed by atoms with van der Waals surface area (Å²) >= 11 is 2.06. The second kappa shape index (κ2) is 6.80. The van der Waals surface area contributed by atoms with Gasteiger partial charge in [-0.05, 0) is 42.9 Å². The second-order valence-corrected chi connectivity index (χ2v) is 7.36. The minimum absolute atomic E-state index is 0.469. The number of nitrogens with zero attached hydrogens (tertiary/aromatic N) is 1. The molecule has 1 fully saturated rings. The minimum atomic E-state index is 0.469. The fraction of sp³-hybridized carbons (Fsp3) is 0.500. The van der Waals surface area contributed by atoms with Gasteiger partial charge in [-0.15, -0.1) is 0 Å². The summed E-state index contributed by atoms with van der Waals surface area (Å²) in [6.45, 7) is 2.08. The van der Waals surface area contributed by atoms with Crippen molar-refractivity contribution in [3.05, 3.63) is 42.1 Å². The van der Waals surface area contributed by atoms with Crippen molar-refractivity contribution in [3.8, 4) is 0 Å². The molecule has 0 unspecified atom stereocenters. The Morgan fingerprint density at radius 2 is 2.05 bits per heavy atom. The lowest BCUT2D eigenvalue weighted by atomic mass is 9.88. The average molecular weight is 300 g/mol. The van der Waals surface area contributed by atoms with E-state index in [1.54, 1.807) is 0 Å². The van der Waals surface area contributed by atoms with Crippen LogP contribution in [0.25, 0.3) is 10.9 Å². The van der Waals surface area contributed by atoms with Crippen LogP contribution in [-0.2, 0) is 6.54 Å². The lowest BCUT2D eigenvalue weighted by Gasteiger charge is -2.36. The summed E-state index contributed by atoms with van der Waals surface area (Å²) < 4.78 is 0.469. The third kappa shape index (κ3) is 3.58. The largest absolute Gasteiger partial charge is 0.311 e. The molecule has 0 saturated heterocycles. The van der Waals surface area contributed by atoms with Crippen LogP contribution in [0.2, 0.25) is 0 Å². The van der Waals surface area contributed by atoms with E-state index in [1.165, 1.54) is 43.1 Å². The summed E-state index contributed by atoms with van der Waals surface area (Å²) in [5.41, 5.74) is 2.43. The van der Waals surface area contributed by atoms with E-state index >= 15 is 0 Å². The lowest BCUT2D eigenvalue weighted by Crippen LogP contribution is -2.39. The van der Waals surface area contributed by atoms with Crippen molar-refractivity contribution in [1.82, 2.24) is 10.3 Å². The quantitative estimate of drug-likeness (QED) is 0.886. The van der Waals surface area contributed by atoms with Crippen molar-refractivity contribution in [3.63, 3.8) is 0 Å². The fourth-order valence-electron chi connectivity index (χ4n) is 3.32. The Morgan fingerprint density at radius 1 is 1.19 bits per heavy atom. The van der Waals surface area contributed by atoms with Gasteiger partial charge in [-0.1, -0.05) is 31.4 Å². The molecule has 1 aliphatic carbocycles. The zero-order valence-corrected chi connectivity index (χ0v) is 13.6. The highest BCUT2D eigenvalue weighted by atomic mass is 32.2. The molecule has 1 aliphatic rings. The number of fused-ring (bicyclic) bond motifs is 1. The third-order valence-corrected chi connectivity index (χ3v) is 6.06. The molecule has 1 saturated carbocycles. The maximum Gasteiger partial charge on any atom is 0.0702 e. The molecule has 2 aromatic rings. The van der Waals surface area contributed by atoms with Crippen LogP contribution in [0.4, 0.5) is 0 Å². The highest BCUT2D eigenvalue weighted by Gasteiger charge is 2.30. The zero-order valence-electron chi connectivity index (χ0n) is 12.8. The van der Waals surface area contributed by atoms with Gasteiger partial charge in [-0.2, -0.15) is 11.8 Å². The molecule has 21 heavy (non-hydrogen) atoms. The van der Waals surface area contributed by atoms with Gasteiger partial charge in [0.05, 0.1) is 5.52 Å². The Kier molecular flexibility index (Phi) is 4.81. The van der Waals surface area contributed by atoms with E-state index < -0.39 is 0 Å². The van der Waals surface area contributed by atoms with Crippen molar-refractivity contribution >= 4 is 22.7 Å². The predicted molar refractivity (Wildman–Crippen MR) is 92.8 cm³/mol. The van der Waals surface area contributed by atoms with Crippen LogP contribution in [0.1, 0.15) is 37.7 Å². The molecule has 1 heterocycles. The zero-order chi connectivity index (χ0) is 14.5. The van der Waals surface area contributed by atoms with E-state index in [1.807, 2.05) is 12.3 Å². The number of hydrogen-bond acceptors (Lipinski definition) is 3. The maximum atomic E-state index is 4.38. The molecule has 0 atom stereocenters. The van der Waals surface area contributed by atoms with Gasteiger partial charge in [0.2, 0.25) is 0 Å². The van der Waals surface area contributed by atoms with Gasteiger partial charge in [0.25, 0.3) is 0 Å². The van der Waals surface area contributed by atoms with Gasteiger partial charge in [0.1, 0.15) is 0 Å². The molecular weight excluding hydrogens is 276 g/mol. The van der Waals surface area contributed by atoms with Gasteiger partial charge >= 0.3 is 0 Å². The summed E-state index contributed by atoms with van der Waals surface area (Å²) in [5.74, 6) is 0. The molecule has 0 spiro atoms. The Morgan fingerprint density at radius 3 is 2.86 bits per heavy atom. The lowest BCUT2D eigenvalue weighted by molar-refractivity contribution is 0.379. The van der Waals surface area contributed by atoms with Crippen molar-refractivity contribution in [2.45, 2.75) is 43.4 Å². The van der Waals surface area contributed by atoms with E-state index in [0.29, 0.717) is 4.75 Å². The van der Waals surface area contributed by atoms with E-state index in [4.69, 9.17) is 0 Å². The van der Waals surface area contributed by atoms with E-state index in [0.717, 1.165) is 18.6 Å². The Labute approximate surface area is 131 Å². The molecule has 2 nitrogen and oxygen atoms in total. The molecule has 1 N–H and O–H groups in total. The molecular formula is C18H24N2S. The summed E-state index contributed by atoms with van der Waals surface area (Å²) in [7, 11) is 0. The Balaban J connectivity index is 1.60. The summed E-state index contributed by atoms with van der Waals surface area (Å²) in [6.07, 6.45) is 11.1. The number of thioether (sulfide) groups is 1. The summed E-state index contributed by atoms with van der Waals surface area (Å²) in [4.78, 5) is 4.38. The van der Waals surface area contributed by atoms with Gasteiger partial charge in [-0.25, -0.2) is 0 Å². The van der Waals surface area contributed by atoms with Crippen molar-refractivity contribution in [2.75, 3.05) is 12.8 Å². The molecule has 0 aliphatic heterocycles. The number of pyridine rings is 1. The van der Waals surface area contributed by atoms with Gasteiger partial charge in [0.15, 0.2) is 0 Å². The van der Waals surface area contributed by atoms with Gasteiger partial charge in [-0.3, -0.25) is 4.98 Å². The normalized spacial score (nSPS) is 18.0. The van der Waals surface area contributed by atoms with Crippen LogP contribution < -0.4 is 5.32 Å². The Hall–Kier alpha value is -1.06. The van der Waals surface area contributed by atoms with Gasteiger partial charge in [0, 0.05) is 29.4 Å². The molecule has 1 aromatic carbocycles. The second-order valence-electron chi connectivity index (χ2n) is 6.08. The minimum Gasteiger partial charge on any atom is -0.311 e. The van der Waals surface area contributed by atoms with E-state index in [-0.39, 0.29) is 0 Å². The molecule has 112 valence electrons. The van der Waals surface area contributed by atoms with Crippen molar-refractivity contribution in [2.24, 2.45) is 0 Å². The molecule has 1 aromatic heterocycles. The fourth-order valence-corrected chi connectivity index (χ4v) is 4.26. The monoisotopic (exact) mass is 300 g/mol. The average Bonchev–Trinajstić information content (AvgIpc) is 2.55. The first kappa shape index (κ1) is 14.9. The topological polar surface area (TPSA) is 24.9 Å². The maximum absolute atomic E-state index is 4.38. The number of benzene rings is 1. The molecule has 0 radical (unpaired) electrons. The number of hydrogen-bond donors (Lipinski definition) is 1. The number of rotatable bonds is 5. The molecule has 3 heteroatoms. The van der Waals surface area contributed by atoms with Crippen LogP contribution >= 0.6 is 11.8 Å². The highest BCUT2D eigenvalue weighted by molar-refractivity contribution is 8.00. The summed E-state index contributed by atoms with van der Waals surface area (Å²) in [5, 5.41) is 4.92. The molecule has 3 rings (SSSR count). The first-order chi connectivity index (χ1) is 10.3. The first-order valence-corrected chi connectivity index (χ1v) is 9.13. The number of aromatic nitrogens is 1. The smallest absolute Gasteiger partial charge is 0.0702 e. The first-order valence-electron chi connectivity index (χ1n) is 7.91. The van der Waals surface area contributed by atoms with E-state index in [2.05, 4.69) is 52.6 Å². The SMILES string of the molecule is CSC1(CNCc2ccc3ncccc3c2)CCCCC1. The molecule has 0 amide bonds. The standard InChI is InChI=1S/C18H24N2S/c1-21-18(9-3-2-4-10-18)14-19-13-15-7-8-17-16(12-15)6-5-11-20-17/h5-8,11-12,19H,2-4,9-10,13-14H2,1H3. The van der Waals surface area contributed by atoms with E-state index in [9.17, 15) is 0 Å². The Bertz CT molecular complexity index is 591. The number of nitrogens with one attached hydrogen (secondary N) is 1. The highest BCUT2D eigenvalue weighted by Crippen LogP contribution is 2.37. The third-order valence-electron chi connectivity index (χ3n) is 4.64. The van der Waals surface area contributed by atoms with Crippen LogP contribution in [0.5, 0.6) is 0 Å². The van der Waals surface area contributed by atoms with Crippen LogP contribution in [0.15, 0.2) is 36.5 Å². The summed E-state index contributed by atoms with van der Waals surface area (Å²) in [6, 6.07) is 10.7. The predicted octanol–water partition coefficient (Wildman–Crippen LogP) is 4.39. The molecule has 0 bridgehead atoms. The van der Waals surface area contributed by atoms with Crippen molar-refractivity contribution in [1.29, 1.82) is 0 Å².